The smallest absolute Gasteiger partial charge is 0.423 e. The molecule has 13 heteroatoms. The van der Waals surface area contributed by atoms with Gasteiger partial charge in [0.05, 0.1) is 11.9 Å². The summed E-state index contributed by atoms with van der Waals surface area (Å²) in [5.41, 5.74) is 0.280. The molecule has 0 atom stereocenters. The van der Waals surface area contributed by atoms with Gasteiger partial charge in [-0.2, -0.15) is 23.3 Å². The fraction of sp³-hybridized carbons (Fsp3) is 0.406. The van der Waals surface area contributed by atoms with Crippen LogP contribution < -0.4 is 9.46 Å². The molecule has 0 unspecified atom stereocenters. The number of halogens is 3. The van der Waals surface area contributed by atoms with Crippen LogP contribution in [0.1, 0.15) is 55.7 Å². The highest BCUT2D eigenvalue weighted by atomic mass is 32.2. The summed E-state index contributed by atoms with van der Waals surface area (Å²) in [6.07, 6.45) is 0.666. The number of nitrogens with zero attached hydrogens (tertiary/aromatic N) is 5. The van der Waals surface area contributed by atoms with E-state index in [-0.39, 0.29) is 16.2 Å². The van der Waals surface area contributed by atoms with E-state index in [9.17, 15) is 21.6 Å². The molecule has 1 fully saturated rings. The van der Waals surface area contributed by atoms with E-state index in [4.69, 9.17) is 4.74 Å². The summed E-state index contributed by atoms with van der Waals surface area (Å²) in [6, 6.07) is 13.6. The maximum Gasteiger partial charge on any atom is 0.423 e. The van der Waals surface area contributed by atoms with Gasteiger partial charge in [-0.25, -0.2) is 18.1 Å². The third-order valence-electron chi connectivity index (χ3n) is 7.92. The molecular weight excluding hydrogens is 605 g/mol. The molecular formula is C32H37F3N6O3S. The molecule has 0 aliphatic carbocycles. The van der Waals surface area contributed by atoms with Gasteiger partial charge in [0, 0.05) is 18.8 Å². The summed E-state index contributed by atoms with van der Waals surface area (Å²) in [5, 5.41) is 3.88. The SMILES string of the molecule is CC(C)CCc1ccccc1-c1nc(NS(=O)(=O)c2cnn(C)c2)nc(Oc2ccc(C3CCN(C)CC3)cc2)c1C(F)(F)F. The molecule has 5 rings (SSSR count). The van der Waals surface area contributed by atoms with Crippen LogP contribution in [0.25, 0.3) is 11.3 Å². The number of aryl methyl sites for hydroxylation is 2. The molecule has 45 heavy (non-hydrogen) atoms. The van der Waals surface area contributed by atoms with E-state index in [1.165, 1.54) is 10.9 Å². The number of aromatic nitrogens is 4. The van der Waals surface area contributed by atoms with E-state index >= 15 is 0 Å². The number of hydrogen-bond acceptors (Lipinski definition) is 7. The Bertz CT molecular complexity index is 1730. The van der Waals surface area contributed by atoms with Crippen molar-refractivity contribution in [2.24, 2.45) is 13.0 Å². The van der Waals surface area contributed by atoms with Crippen LogP contribution in [0.4, 0.5) is 19.1 Å². The van der Waals surface area contributed by atoms with Gasteiger partial charge in [-0.1, -0.05) is 50.2 Å². The summed E-state index contributed by atoms with van der Waals surface area (Å²) in [5.74, 6) is -0.567. The number of hydrogen-bond donors (Lipinski definition) is 1. The number of piperidine rings is 1. The minimum absolute atomic E-state index is 0.135. The Morgan fingerprint density at radius 3 is 2.33 bits per heavy atom. The van der Waals surface area contributed by atoms with Crippen molar-refractivity contribution < 1.29 is 26.3 Å². The lowest BCUT2D eigenvalue weighted by atomic mass is 9.90. The molecule has 0 spiro atoms. The number of likely N-dealkylation sites (tertiary alicyclic amines) is 1. The zero-order valence-electron chi connectivity index (χ0n) is 25.7. The normalized spacial score (nSPS) is 15.0. The van der Waals surface area contributed by atoms with Crippen LogP contribution in [0.2, 0.25) is 0 Å². The van der Waals surface area contributed by atoms with Crippen LogP contribution in [0.3, 0.4) is 0 Å². The van der Waals surface area contributed by atoms with Crippen molar-refractivity contribution in [1.82, 2.24) is 24.6 Å². The van der Waals surface area contributed by atoms with Crippen molar-refractivity contribution in [1.29, 1.82) is 0 Å². The number of ether oxygens (including phenoxy) is 1. The Labute approximate surface area is 261 Å². The summed E-state index contributed by atoms with van der Waals surface area (Å²) in [4.78, 5) is 10.2. The molecule has 1 aliphatic rings. The molecule has 0 saturated carbocycles. The van der Waals surface area contributed by atoms with Gasteiger partial charge in [0.1, 0.15) is 16.2 Å². The fourth-order valence-electron chi connectivity index (χ4n) is 5.40. The number of anilines is 1. The lowest BCUT2D eigenvalue weighted by Gasteiger charge is -2.29. The van der Waals surface area contributed by atoms with Crippen molar-refractivity contribution in [2.75, 3.05) is 24.9 Å². The monoisotopic (exact) mass is 642 g/mol. The van der Waals surface area contributed by atoms with Crippen molar-refractivity contribution in [2.45, 2.75) is 56.5 Å². The van der Waals surface area contributed by atoms with Gasteiger partial charge >= 0.3 is 6.18 Å². The molecule has 1 N–H and O–H groups in total. The largest absolute Gasteiger partial charge is 0.438 e. The number of nitrogens with one attached hydrogen (secondary N) is 1. The zero-order chi connectivity index (χ0) is 32.4. The third-order valence-corrected chi connectivity index (χ3v) is 9.21. The number of alkyl halides is 3. The Balaban J connectivity index is 1.60. The zero-order valence-corrected chi connectivity index (χ0v) is 26.5. The second-order valence-electron chi connectivity index (χ2n) is 11.9. The minimum atomic E-state index is -4.93. The summed E-state index contributed by atoms with van der Waals surface area (Å²) < 4.78 is 80.4. The quantitative estimate of drug-likeness (QED) is 0.201. The van der Waals surface area contributed by atoms with Crippen molar-refractivity contribution in [3.05, 3.63) is 77.6 Å². The van der Waals surface area contributed by atoms with E-state index in [0.29, 0.717) is 23.8 Å². The van der Waals surface area contributed by atoms with Gasteiger partial charge in [-0.15, -0.1) is 0 Å². The highest BCUT2D eigenvalue weighted by Crippen LogP contribution is 2.44. The van der Waals surface area contributed by atoms with Gasteiger partial charge in [-0.3, -0.25) is 4.68 Å². The number of rotatable bonds is 10. The minimum Gasteiger partial charge on any atom is -0.438 e. The first-order valence-electron chi connectivity index (χ1n) is 14.9. The number of sulfonamides is 1. The molecule has 2 aromatic heterocycles. The van der Waals surface area contributed by atoms with E-state index < -0.39 is 39.3 Å². The molecule has 9 nitrogen and oxygen atoms in total. The van der Waals surface area contributed by atoms with E-state index in [0.717, 1.165) is 44.1 Å². The Morgan fingerprint density at radius 1 is 1.02 bits per heavy atom. The van der Waals surface area contributed by atoms with Crippen molar-refractivity contribution in [3.63, 3.8) is 0 Å². The van der Waals surface area contributed by atoms with Crippen molar-refractivity contribution >= 4 is 16.0 Å². The van der Waals surface area contributed by atoms with Crippen LogP contribution in [-0.2, 0) is 29.7 Å². The van der Waals surface area contributed by atoms with Crippen LogP contribution >= 0.6 is 0 Å². The highest BCUT2D eigenvalue weighted by Gasteiger charge is 2.41. The van der Waals surface area contributed by atoms with Gasteiger partial charge in [0.25, 0.3) is 10.0 Å². The Hall–Kier alpha value is -3.97. The van der Waals surface area contributed by atoms with Gasteiger partial charge < -0.3 is 9.64 Å². The summed E-state index contributed by atoms with van der Waals surface area (Å²) in [7, 11) is -0.658. The van der Waals surface area contributed by atoms with Crippen LogP contribution in [0.15, 0.2) is 65.8 Å². The molecule has 240 valence electrons. The standard InChI is InChI=1S/C32H37F3N6O3S/c1-21(2)9-10-24-7-5-6-8-27(24)29-28(32(33,34)35)30(38-31(37-29)39-45(42,43)26-19-36-41(4)20-26)44-25-13-11-22(12-14-25)23-15-17-40(3)18-16-23/h5-8,11-14,19-21,23H,9-10,15-18H2,1-4H3,(H,37,38,39). The van der Waals surface area contributed by atoms with E-state index in [1.807, 2.05) is 26.0 Å². The third kappa shape index (κ3) is 7.82. The summed E-state index contributed by atoms with van der Waals surface area (Å²) >= 11 is 0. The first-order chi connectivity index (χ1) is 21.3. The fourth-order valence-corrected chi connectivity index (χ4v) is 6.33. The molecule has 0 amide bonds. The van der Waals surface area contributed by atoms with E-state index in [2.05, 4.69) is 31.7 Å². The maximum absolute atomic E-state index is 14.9. The highest BCUT2D eigenvalue weighted by molar-refractivity contribution is 7.92. The average Bonchev–Trinajstić information content (AvgIpc) is 3.43. The second kappa shape index (κ2) is 13.2. The summed E-state index contributed by atoms with van der Waals surface area (Å²) in [6.45, 7) is 6.00. The van der Waals surface area contributed by atoms with Crippen LogP contribution in [-0.4, -0.2) is 53.2 Å². The van der Waals surface area contributed by atoms with Gasteiger partial charge in [0.15, 0.2) is 0 Å². The molecule has 1 aliphatic heterocycles. The van der Waals surface area contributed by atoms with Gasteiger partial charge in [0.2, 0.25) is 11.8 Å². The average molecular weight is 643 g/mol. The topological polar surface area (TPSA) is 102 Å². The molecule has 2 aromatic carbocycles. The Morgan fingerprint density at radius 2 is 1.71 bits per heavy atom. The molecule has 0 radical (unpaired) electrons. The predicted octanol–water partition coefficient (Wildman–Crippen LogP) is 6.89. The van der Waals surface area contributed by atoms with Gasteiger partial charge in [-0.05, 0) is 80.9 Å². The maximum atomic E-state index is 14.9. The van der Waals surface area contributed by atoms with Crippen LogP contribution in [0.5, 0.6) is 11.6 Å². The first kappa shape index (κ1) is 32.4. The first-order valence-corrected chi connectivity index (χ1v) is 16.3. The Kier molecular flexibility index (Phi) is 9.49. The predicted molar refractivity (Wildman–Crippen MR) is 166 cm³/mol. The molecule has 1 saturated heterocycles. The lowest BCUT2D eigenvalue weighted by molar-refractivity contribution is -0.138. The second-order valence-corrected chi connectivity index (χ2v) is 13.5. The van der Waals surface area contributed by atoms with Crippen LogP contribution in [0, 0.1) is 5.92 Å². The molecule has 3 heterocycles. The van der Waals surface area contributed by atoms with Crippen molar-refractivity contribution in [3.8, 4) is 22.9 Å². The molecule has 0 bridgehead atoms. The number of benzene rings is 2. The van der Waals surface area contributed by atoms with E-state index in [1.54, 1.807) is 43.4 Å². The molecule has 4 aromatic rings. The lowest BCUT2D eigenvalue weighted by Crippen LogP contribution is -2.29.